The molecule has 0 radical (unpaired) electrons. The zero-order valence-corrected chi connectivity index (χ0v) is 22.4. The van der Waals surface area contributed by atoms with Crippen LogP contribution in [0.1, 0.15) is 32.6 Å². The number of aldehydes is 1. The number of halogens is 3. The predicted octanol–water partition coefficient (Wildman–Crippen LogP) is 5.34. The number of nitrogens with zero attached hydrogens (tertiary/aromatic N) is 4. The number of piperazine rings is 1. The van der Waals surface area contributed by atoms with Crippen molar-refractivity contribution in [1.29, 1.82) is 0 Å². The molecule has 40 heavy (non-hydrogen) atoms. The monoisotopic (exact) mass is 545 g/mol. The van der Waals surface area contributed by atoms with Crippen molar-refractivity contribution in [3.63, 3.8) is 0 Å². The number of hydrogen-bond acceptors (Lipinski definition) is 6. The fourth-order valence-corrected chi connectivity index (χ4v) is 4.30. The molecule has 0 saturated carbocycles. The normalized spacial score (nSPS) is 14.0. The van der Waals surface area contributed by atoms with E-state index in [1.54, 1.807) is 31.6 Å². The van der Waals surface area contributed by atoms with Gasteiger partial charge in [-0.1, -0.05) is 36.1 Å². The first-order valence-electron chi connectivity index (χ1n) is 12.8. The summed E-state index contributed by atoms with van der Waals surface area (Å²) in [6.07, 6.45) is 3.17. The summed E-state index contributed by atoms with van der Waals surface area (Å²) in [5, 5.41) is 4.92. The first-order valence-corrected chi connectivity index (χ1v) is 12.8. The fourth-order valence-electron chi connectivity index (χ4n) is 4.30. The minimum atomic E-state index is -4.30. The second kappa shape index (κ2) is 13.2. The van der Waals surface area contributed by atoms with E-state index in [0.29, 0.717) is 28.9 Å². The molecule has 1 aliphatic rings. The molecule has 1 saturated heterocycles. The summed E-state index contributed by atoms with van der Waals surface area (Å²) in [6.45, 7) is 4.26. The van der Waals surface area contributed by atoms with Crippen LogP contribution in [-0.2, 0) is 12.7 Å². The van der Waals surface area contributed by atoms with Gasteiger partial charge in [-0.3, -0.25) is 19.7 Å². The highest BCUT2D eigenvalue weighted by molar-refractivity contribution is 5.87. The largest absolute Gasteiger partial charge is 0.416 e. The molecular formula is C31H30F3N5O. The van der Waals surface area contributed by atoms with E-state index >= 15 is 0 Å². The molecular weight excluding hydrogens is 515 g/mol. The van der Waals surface area contributed by atoms with Gasteiger partial charge in [0, 0.05) is 92.1 Å². The van der Waals surface area contributed by atoms with Crippen LogP contribution in [0.2, 0.25) is 0 Å². The van der Waals surface area contributed by atoms with Crippen molar-refractivity contribution in [2.24, 2.45) is 0 Å². The number of fused-ring (bicyclic) bond motifs is 1. The van der Waals surface area contributed by atoms with Gasteiger partial charge in [0.1, 0.15) is 0 Å². The van der Waals surface area contributed by atoms with Gasteiger partial charge in [0.2, 0.25) is 0 Å². The Bertz CT molecular complexity index is 1510. The van der Waals surface area contributed by atoms with E-state index in [2.05, 4.69) is 44.0 Å². The summed E-state index contributed by atoms with van der Waals surface area (Å²) < 4.78 is 38.6. The lowest BCUT2D eigenvalue weighted by Gasteiger charge is -2.32. The van der Waals surface area contributed by atoms with Gasteiger partial charge in [0.25, 0.3) is 0 Å². The summed E-state index contributed by atoms with van der Waals surface area (Å²) in [6, 6.07) is 13.9. The number of rotatable bonds is 4. The van der Waals surface area contributed by atoms with E-state index in [1.165, 1.54) is 12.3 Å². The molecule has 0 bridgehead atoms. The van der Waals surface area contributed by atoms with Crippen LogP contribution >= 0.6 is 0 Å². The molecule has 0 unspecified atom stereocenters. The van der Waals surface area contributed by atoms with Gasteiger partial charge in [-0.25, -0.2) is 0 Å². The van der Waals surface area contributed by atoms with E-state index in [1.807, 2.05) is 30.5 Å². The summed E-state index contributed by atoms with van der Waals surface area (Å²) in [7, 11) is 3.69. The molecule has 206 valence electrons. The summed E-state index contributed by atoms with van der Waals surface area (Å²) in [4.78, 5) is 23.3. The number of benzene rings is 2. The van der Waals surface area contributed by atoms with Crippen molar-refractivity contribution in [1.82, 2.24) is 19.8 Å². The van der Waals surface area contributed by atoms with Crippen LogP contribution in [0.5, 0.6) is 0 Å². The molecule has 0 amide bonds. The van der Waals surface area contributed by atoms with Gasteiger partial charge < -0.3 is 10.2 Å². The second-order valence-corrected chi connectivity index (χ2v) is 9.53. The number of likely N-dealkylation sites (N-methyl/N-ethyl adjacent to an activating group) is 1. The van der Waals surface area contributed by atoms with E-state index in [-0.39, 0.29) is 0 Å². The van der Waals surface area contributed by atoms with Gasteiger partial charge in [-0.15, -0.1) is 0 Å². The third-order valence-corrected chi connectivity index (χ3v) is 6.52. The molecule has 1 N–H and O–H groups in total. The molecule has 4 aromatic rings. The van der Waals surface area contributed by atoms with E-state index in [9.17, 15) is 18.0 Å². The van der Waals surface area contributed by atoms with Crippen molar-refractivity contribution >= 4 is 22.7 Å². The molecule has 2 aromatic carbocycles. The molecule has 3 heterocycles. The minimum absolute atomic E-state index is 0.504. The van der Waals surface area contributed by atoms with Gasteiger partial charge in [0.05, 0.1) is 11.1 Å². The Morgan fingerprint density at radius 3 is 2.42 bits per heavy atom. The summed E-state index contributed by atoms with van der Waals surface area (Å²) in [5.41, 5.74) is 2.71. The number of carbonyl (C=O) groups is 1. The van der Waals surface area contributed by atoms with Crippen molar-refractivity contribution < 1.29 is 18.0 Å². The first-order chi connectivity index (χ1) is 19.2. The Labute approximate surface area is 231 Å². The Kier molecular flexibility index (Phi) is 9.48. The maximum absolute atomic E-state index is 12.9. The zero-order chi connectivity index (χ0) is 28.5. The molecule has 0 aliphatic carbocycles. The second-order valence-electron chi connectivity index (χ2n) is 9.53. The maximum Gasteiger partial charge on any atom is 0.416 e. The van der Waals surface area contributed by atoms with Crippen molar-refractivity contribution in [3.8, 4) is 11.8 Å². The first kappa shape index (κ1) is 28.7. The number of alkyl halides is 3. The molecule has 5 rings (SSSR count). The highest BCUT2D eigenvalue weighted by atomic mass is 19.4. The quantitative estimate of drug-likeness (QED) is 0.276. The van der Waals surface area contributed by atoms with Gasteiger partial charge in [-0.05, 0) is 36.9 Å². The number of carbonyl (C=O) groups excluding carboxylic acids is 1. The summed E-state index contributed by atoms with van der Waals surface area (Å²) in [5.74, 6) is 6.10. The minimum Gasteiger partial charge on any atom is -0.388 e. The van der Waals surface area contributed by atoms with Crippen molar-refractivity contribution in [3.05, 3.63) is 101 Å². The Balaban J connectivity index is 0.000000185. The SMILES string of the molecule is CNc1cc(CN2CCN(C)CC2)cc(C(F)(F)F)c1.O=Cc1cncc(C#Cc2cncc3ccccc23)c1. The van der Waals surface area contributed by atoms with Gasteiger partial charge >= 0.3 is 6.18 Å². The van der Waals surface area contributed by atoms with E-state index < -0.39 is 11.7 Å². The number of anilines is 1. The van der Waals surface area contributed by atoms with Crippen LogP contribution < -0.4 is 5.32 Å². The molecule has 1 fully saturated rings. The Morgan fingerprint density at radius 1 is 0.950 bits per heavy atom. The third kappa shape index (κ3) is 7.88. The van der Waals surface area contributed by atoms with Gasteiger partial charge in [0.15, 0.2) is 6.29 Å². The molecule has 6 nitrogen and oxygen atoms in total. The molecule has 0 spiro atoms. The predicted molar refractivity (Wildman–Crippen MR) is 151 cm³/mol. The zero-order valence-electron chi connectivity index (χ0n) is 22.4. The van der Waals surface area contributed by atoms with Crippen LogP contribution in [0, 0.1) is 11.8 Å². The Hall–Kier alpha value is -4.26. The molecule has 1 aliphatic heterocycles. The number of hydrogen-bond donors (Lipinski definition) is 1. The smallest absolute Gasteiger partial charge is 0.388 e. The van der Waals surface area contributed by atoms with Crippen LogP contribution in [0.4, 0.5) is 18.9 Å². The molecule has 9 heteroatoms. The Morgan fingerprint density at radius 2 is 1.70 bits per heavy atom. The summed E-state index contributed by atoms with van der Waals surface area (Å²) >= 11 is 0. The maximum atomic E-state index is 12.9. The van der Waals surface area contributed by atoms with Crippen LogP contribution in [0.15, 0.2) is 73.3 Å². The third-order valence-electron chi connectivity index (χ3n) is 6.52. The van der Waals surface area contributed by atoms with Crippen LogP contribution in [-0.4, -0.2) is 66.3 Å². The van der Waals surface area contributed by atoms with Crippen LogP contribution in [0.3, 0.4) is 0 Å². The van der Waals surface area contributed by atoms with Gasteiger partial charge in [-0.2, -0.15) is 13.2 Å². The number of nitrogens with one attached hydrogen (secondary N) is 1. The average molecular weight is 546 g/mol. The van der Waals surface area contributed by atoms with Crippen molar-refractivity contribution in [2.75, 3.05) is 45.6 Å². The van der Waals surface area contributed by atoms with E-state index in [4.69, 9.17) is 0 Å². The lowest BCUT2D eigenvalue weighted by molar-refractivity contribution is -0.137. The fraction of sp³-hybridized carbons (Fsp3) is 0.258. The number of pyridine rings is 2. The topological polar surface area (TPSA) is 61.4 Å². The number of aromatic nitrogens is 2. The van der Waals surface area contributed by atoms with Crippen molar-refractivity contribution in [2.45, 2.75) is 12.7 Å². The molecule has 0 atom stereocenters. The van der Waals surface area contributed by atoms with Crippen LogP contribution in [0.25, 0.3) is 10.8 Å². The lowest BCUT2D eigenvalue weighted by Crippen LogP contribution is -2.43. The standard InChI is InChI=1S/C17H10N2O.C14H20F3N3/c20-12-14-7-13(8-18-9-14)5-6-16-11-19-10-15-3-1-2-4-17(15)16;1-18-13-8-11(7-12(9-13)14(15,16)17)10-20-5-3-19(2)4-6-20/h1-4,7-12H;7-9,18H,3-6,10H2,1-2H3. The van der Waals surface area contributed by atoms with E-state index in [0.717, 1.165) is 54.9 Å². The highest BCUT2D eigenvalue weighted by Gasteiger charge is 2.31. The average Bonchev–Trinajstić information content (AvgIpc) is 2.97. The highest BCUT2D eigenvalue weighted by Crippen LogP contribution is 2.32. The molecule has 2 aromatic heterocycles. The lowest BCUT2D eigenvalue weighted by atomic mass is 10.1.